The van der Waals surface area contributed by atoms with Crippen molar-refractivity contribution in [2.24, 2.45) is 0 Å². The first-order valence-corrected chi connectivity index (χ1v) is 11.9. The summed E-state index contributed by atoms with van der Waals surface area (Å²) in [5.74, 6) is 0. The van der Waals surface area contributed by atoms with E-state index in [1.54, 1.807) is 0 Å². The van der Waals surface area contributed by atoms with Gasteiger partial charge in [-0.1, -0.05) is 73.6 Å². The summed E-state index contributed by atoms with van der Waals surface area (Å²) in [7, 11) is 0. The summed E-state index contributed by atoms with van der Waals surface area (Å²) in [6.07, 6.45) is 4.93. The molecule has 152 valence electrons. The smallest absolute Gasteiger partial charge is 0.209 e. The lowest BCUT2D eigenvalue weighted by Crippen LogP contribution is -2.29. The van der Waals surface area contributed by atoms with E-state index in [1.807, 2.05) is 11.8 Å². The van der Waals surface area contributed by atoms with Gasteiger partial charge in [-0.15, -0.1) is 0 Å². The van der Waals surface area contributed by atoms with Gasteiger partial charge in [0.2, 0.25) is 5.69 Å². The molecule has 2 nitrogen and oxygen atoms in total. The fraction of sp³-hybridized carbons (Fsp3) is 0.423. The van der Waals surface area contributed by atoms with E-state index in [-0.39, 0.29) is 5.41 Å². The van der Waals surface area contributed by atoms with E-state index in [0.29, 0.717) is 5.25 Å². The number of para-hydroxylation sites is 1. The second-order valence-corrected chi connectivity index (χ2v) is 9.79. The Morgan fingerprint density at radius 1 is 1.07 bits per heavy atom. The van der Waals surface area contributed by atoms with Crippen LogP contribution in [0.3, 0.4) is 0 Å². The van der Waals surface area contributed by atoms with Gasteiger partial charge in [-0.25, -0.2) is 0 Å². The van der Waals surface area contributed by atoms with Gasteiger partial charge in [-0.2, -0.15) is 4.58 Å². The predicted molar refractivity (Wildman–Crippen MR) is 126 cm³/mol. The van der Waals surface area contributed by atoms with Gasteiger partial charge >= 0.3 is 0 Å². The quantitative estimate of drug-likeness (QED) is 0.505. The molecule has 29 heavy (non-hydrogen) atoms. The molecular formula is C26H33N2S+. The van der Waals surface area contributed by atoms with Crippen molar-refractivity contribution in [3.63, 3.8) is 0 Å². The summed E-state index contributed by atoms with van der Waals surface area (Å²) in [6, 6.07) is 19.9. The molecule has 1 atom stereocenters. The molecule has 0 radical (unpaired) electrons. The highest BCUT2D eigenvalue weighted by atomic mass is 32.2. The number of unbranched alkanes of at least 4 members (excludes halogenated alkanes) is 1. The maximum absolute atomic E-state index is 2.58. The standard InChI is InChI=1S/C26H33N2S/c1-5-7-17-28-22-16-12-11-15-21(22)26(3,4)24(28)18-25-27(6-2)19-23(29-25)20-13-9-8-10-14-20/h8-16,18,23H,5-7,17,19H2,1-4H3/q+1. The zero-order valence-electron chi connectivity index (χ0n) is 18.2. The highest BCUT2D eigenvalue weighted by molar-refractivity contribution is 8.03. The Balaban J connectivity index is 1.74. The zero-order valence-corrected chi connectivity index (χ0v) is 19.0. The van der Waals surface area contributed by atoms with E-state index in [9.17, 15) is 0 Å². The molecule has 2 aromatic carbocycles. The summed E-state index contributed by atoms with van der Waals surface area (Å²) >= 11 is 2.03. The Kier molecular flexibility index (Phi) is 5.87. The summed E-state index contributed by atoms with van der Waals surface area (Å²) in [6.45, 7) is 12.6. The highest BCUT2D eigenvalue weighted by Gasteiger charge is 2.45. The lowest BCUT2D eigenvalue weighted by Gasteiger charge is -2.19. The largest absolute Gasteiger partial charge is 0.365 e. The first-order chi connectivity index (χ1) is 14.1. The summed E-state index contributed by atoms with van der Waals surface area (Å²) in [4.78, 5) is 2.55. The van der Waals surface area contributed by atoms with Gasteiger partial charge in [0.1, 0.15) is 6.54 Å². The molecule has 2 aromatic rings. The lowest BCUT2D eigenvalue weighted by molar-refractivity contribution is -0.438. The molecule has 0 saturated carbocycles. The van der Waals surface area contributed by atoms with Crippen LogP contribution in [-0.2, 0) is 5.41 Å². The molecule has 1 saturated heterocycles. The summed E-state index contributed by atoms with van der Waals surface area (Å²) in [5.41, 5.74) is 5.75. The molecule has 2 aliphatic rings. The second-order valence-electron chi connectivity index (χ2n) is 8.57. The van der Waals surface area contributed by atoms with Gasteiger partial charge in [0.05, 0.1) is 15.7 Å². The Morgan fingerprint density at radius 2 is 1.79 bits per heavy atom. The molecule has 3 heteroatoms. The Labute approximate surface area is 180 Å². The molecule has 1 unspecified atom stereocenters. The van der Waals surface area contributed by atoms with E-state index in [1.165, 1.54) is 40.4 Å². The van der Waals surface area contributed by atoms with E-state index >= 15 is 0 Å². The van der Waals surface area contributed by atoms with Crippen molar-refractivity contribution >= 4 is 23.2 Å². The number of likely N-dealkylation sites (N-methyl/N-ethyl adjacent to an activating group) is 1. The number of benzene rings is 2. The van der Waals surface area contributed by atoms with Gasteiger partial charge in [0, 0.05) is 37.2 Å². The topological polar surface area (TPSA) is 6.25 Å². The molecule has 0 bridgehead atoms. The average molecular weight is 406 g/mol. The first kappa shape index (κ1) is 20.3. The third kappa shape index (κ3) is 3.77. The van der Waals surface area contributed by atoms with Crippen LogP contribution < -0.4 is 0 Å². The van der Waals surface area contributed by atoms with E-state index in [2.05, 4.69) is 97.8 Å². The number of fused-ring (bicyclic) bond motifs is 1. The number of hydrogen-bond donors (Lipinski definition) is 0. The van der Waals surface area contributed by atoms with E-state index in [4.69, 9.17) is 0 Å². The van der Waals surface area contributed by atoms with Gasteiger partial charge in [-0.05, 0) is 26.3 Å². The van der Waals surface area contributed by atoms with Crippen LogP contribution in [0.5, 0.6) is 0 Å². The van der Waals surface area contributed by atoms with E-state index < -0.39 is 0 Å². The average Bonchev–Trinajstić information content (AvgIpc) is 3.25. The van der Waals surface area contributed by atoms with Crippen molar-refractivity contribution in [3.8, 4) is 0 Å². The maximum atomic E-state index is 2.58. The lowest BCUT2D eigenvalue weighted by atomic mass is 9.81. The maximum Gasteiger partial charge on any atom is 0.209 e. The van der Waals surface area contributed by atoms with E-state index in [0.717, 1.165) is 19.6 Å². The summed E-state index contributed by atoms with van der Waals surface area (Å²) in [5, 5.41) is 1.93. The fourth-order valence-corrected chi connectivity index (χ4v) is 5.95. The minimum Gasteiger partial charge on any atom is -0.365 e. The van der Waals surface area contributed by atoms with Gasteiger partial charge in [-0.3, -0.25) is 0 Å². The van der Waals surface area contributed by atoms with Crippen molar-refractivity contribution in [1.82, 2.24) is 4.90 Å². The van der Waals surface area contributed by atoms with Crippen LogP contribution in [-0.4, -0.2) is 34.8 Å². The van der Waals surface area contributed by atoms with Crippen LogP contribution in [0.15, 0.2) is 65.7 Å². The SMILES string of the molecule is CCCC[N+]1=C(/C=C2\SC(c3ccccc3)CN2CC)C(C)(C)c2ccccc21. The normalized spacial score (nSPS) is 21.9. The van der Waals surface area contributed by atoms with Crippen LogP contribution in [0.4, 0.5) is 5.69 Å². The summed E-state index contributed by atoms with van der Waals surface area (Å²) < 4.78 is 2.58. The van der Waals surface area contributed by atoms with Crippen molar-refractivity contribution in [1.29, 1.82) is 0 Å². The molecule has 4 rings (SSSR count). The molecular weight excluding hydrogens is 372 g/mol. The number of thioether (sulfide) groups is 1. The Bertz CT molecular complexity index is 927. The van der Waals surface area contributed by atoms with Crippen LogP contribution in [0.1, 0.15) is 56.9 Å². The van der Waals surface area contributed by atoms with Gasteiger partial charge in [0.15, 0.2) is 5.71 Å². The van der Waals surface area contributed by atoms with Crippen LogP contribution >= 0.6 is 11.8 Å². The minimum atomic E-state index is 0.0299. The molecule has 2 aliphatic heterocycles. The number of allylic oxidation sites excluding steroid dienone is 1. The van der Waals surface area contributed by atoms with Crippen molar-refractivity contribution in [3.05, 3.63) is 76.8 Å². The zero-order chi connectivity index (χ0) is 20.4. The molecule has 0 aliphatic carbocycles. The third-order valence-corrected chi connectivity index (χ3v) is 7.63. The molecule has 1 fully saturated rings. The van der Waals surface area contributed by atoms with Crippen molar-refractivity contribution in [2.45, 2.75) is 51.2 Å². The van der Waals surface area contributed by atoms with Crippen molar-refractivity contribution < 1.29 is 4.58 Å². The molecule has 0 spiro atoms. The van der Waals surface area contributed by atoms with Gasteiger partial charge in [0.25, 0.3) is 0 Å². The number of hydrogen-bond acceptors (Lipinski definition) is 2. The molecule has 2 heterocycles. The van der Waals surface area contributed by atoms with Crippen LogP contribution in [0.25, 0.3) is 0 Å². The second kappa shape index (κ2) is 8.39. The highest BCUT2D eigenvalue weighted by Crippen LogP contribution is 2.46. The predicted octanol–water partition coefficient (Wildman–Crippen LogP) is 6.51. The van der Waals surface area contributed by atoms with Crippen molar-refractivity contribution in [2.75, 3.05) is 19.6 Å². The third-order valence-electron chi connectivity index (χ3n) is 6.31. The Hall–Kier alpha value is -2.00. The molecule has 0 N–H and O–H groups in total. The molecule has 0 amide bonds. The minimum absolute atomic E-state index is 0.0299. The fourth-order valence-electron chi connectivity index (χ4n) is 4.57. The van der Waals surface area contributed by atoms with Crippen LogP contribution in [0, 0.1) is 0 Å². The van der Waals surface area contributed by atoms with Gasteiger partial charge < -0.3 is 4.90 Å². The first-order valence-electron chi connectivity index (χ1n) is 11.0. The Morgan fingerprint density at radius 3 is 2.52 bits per heavy atom. The number of nitrogens with zero attached hydrogens (tertiary/aromatic N) is 2. The molecule has 0 aromatic heterocycles. The number of rotatable bonds is 6. The van der Waals surface area contributed by atoms with Crippen LogP contribution in [0.2, 0.25) is 0 Å². The monoisotopic (exact) mass is 405 g/mol.